The maximum atomic E-state index is 13.1. The summed E-state index contributed by atoms with van der Waals surface area (Å²) >= 11 is 0. The van der Waals surface area contributed by atoms with Crippen LogP contribution in [0.3, 0.4) is 0 Å². The predicted molar refractivity (Wildman–Crippen MR) is 148 cm³/mol. The van der Waals surface area contributed by atoms with Gasteiger partial charge in [-0.05, 0) is 92.4 Å². The highest BCUT2D eigenvalue weighted by molar-refractivity contribution is 6.07. The van der Waals surface area contributed by atoms with Gasteiger partial charge in [-0.1, -0.05) is 24.3 Å². The average molecular weight is 499 g/mol. The molecule has 2 aliphatic rings. The van der Waals surface area contributed by atoms with E-state index in [0.29, 0.717) is 41.6 Å². The lowest BCUT2D eigenvalue weighted by atomic mass is 9.89. The van der Waals surface area contributed by atoms with Crippen LogP contribution in [0, 0.1) is 6.92 Å². The zero-order valence-electron chi connectivity index (χ0n) is 21.3. The van der Waals surface area contributed by atoms with Crippen LogP contribution >= 0.6 is 0 Å². The summed E-state index contributed by atoms with van der Waals surface area (Å²) in [4.78, 5) is 28.4. The lowest BCUT2D eigenvalue weighted by Gasteiger charge is -2.29. The largest absolute Gasteiger partial charge is 0.378 e. The second-order valence-corrected chi connectivity index (χ2v) is 9.74. The summed E-state index contributed by atoms with van der Waals surface area (Å²) in [6.07, 6.45) is 2.17. The topological polar surface area (TPSA) is 82.7 Å². The van der Waals surface area contributed by atoms with Crippen molar-refractivity contribution in [2.75, 3.05) is 54.9 Å². The summed E-state index contributed by atoms with van der Waals surface area (Å²) in [5.41, 5.74) is 5.69. The van der Waals surface area contributed by atoms with Crippen LogP contribution in [-0.2, 0) is 4.74 Å². The fourth-order valence-electron chi connectivity index (χ4n) is 4.99. The zero-order chi connectivity index (χ0) is 25.6. The van der Waals surface area contributed by atoms with E-state index < -0.39 is 0 Å². The standard InChI is InChI=1S/C30H34N4O3/c1-21-8-9-26(32-29(35)25-6-3-7-27(19-25)34-14-16-37-17-15-34)20-28(21)33-30(36)24-5-2-4-23(18-24)22-10-12-31-13-11-22/h2-9,18-20,22,31H,10-17H2,1H3,(H,32,35)(H,33,36). The summed E-state index contributed by atoms with van der Waals surface area (Å²) in [5, 5.41) is 9.41. The van der Waals surface area contributed by atoms with Crippen molar-refractivity contribution in [2.24, 2.45) is 0 Å². The van der Waals surface area contributed by atoms with Gasteiger partial charge in [0, 0.05) is 41.3 Å². The van der Waals surface area contributed by atoms with Gasteiger partial charge < -0.3 is 25.6 Å². The third-order valence-corrected chi connectivity index (χ3v) is 7.19. The molecular weight excluding hydrogens is 464 g/mol. The predicted octanol–water partition coefficient (Wildman–Crippen LogP) is 4.80. The minimum Gasteiger partial charge on any atom is -0.378 e. The van der Waals surface area contributed by atoms with Gasteiger partial charge in [0.2, 0.25) is 0 Å². The molecule has 0 saturated carbocycles. The lowest BCUT2D eigenvalue weighted by molar-refractivity contribution is 0.101. The molecule has 2 amide bonds. The molecule has 0 aliphatic carbocycles. The van der Waals surface area contributed by atoms with Gasteiger partial charge >= 0.3 is 0 Å². The van der Waals surface area contributed by atoms with E-state index in [1.54, 1.807) is 0 Å². The Morgan fingerprint density at radius 1 is 0.865 bits per heavy atom. The van der Waals surface area contributed by atoms with Crippen LogP contribution in [-0.4, -0.2) is 51.2 Å². The summed E-state index contributed by atoms with van der Waals surface area (Å²) in [6.45, 7) is 6.97. The Morgan fingerprint density at radius 3 is 2.35 bits per heavy atom. The molecule has 2 aliphatic heterocycles. The number of nitrogens with zero attached hydrogens (tertiary/aromatic N) is 1. The quantitative estimate of drug-likeness (QED) is 0.455. The van der Waals surface area contributed by atoms with Crippen molar-refractivity contribution in [3.05, 3.63) is 89.0 Å². The second kappa shape index (κ2) is 11.6. The number of aryl methyl sites for hydroxylation is 1. The lowest BCUT2D eigenvalue weighted by Crippen LogP contribution is -2.36. The Hall–Kier alpha value is -3.68. The number of amides is 2. The molecule has 7 heteroatoms. The van der Waals surface area contributed by atoms with E-state index in [2.05, 4.69) is 26.9 Å². The fraction of sp³-hybridized carbons (Fsp3) is 0.333. The molecule has 7 nitrogen and oxygen atoms in total. The molecule has 2 heterocycles. The first-order valence-corrected chi connectivity index (χ1v) is 13.0. The van der Waals surface area contributed by atoms with Crippen LogP contribution in [0.25, 0.3) is 0 Å². The van der Waals surface area contributed by atoms with Crippen LogP contribution in [0.1, 0.15) is 50.6 Å². The number of rotatable bonds is 6. The third kappa shape index (κ3) is 6.18. The molecule has 0 bridgehead atoms. The highest BCUT2D eigenvalue weighted by Gasteiger charge is 2.18. The van der Waals surface area contributed by atoms with Crippen LogP contribution < -0.4 is 20.9 Å². The van der Waals surface area contributed by atoms with Crippen molar-refractivity contribution in [2.45, 2.75) is 25.7 Å². The molecule has 2 fully saturated rings. The van der Waals surface area contributed by atoms with Crippen molar-refractivity contribution in [1.82, 2.24) is 5.32 Å². The number of morpholine rings is 1. The maximum absolute atomic E-state index is 13.1. The van der Waals surface area contributed by atoms with Crippen molar-refractivity contribution in [1.29, 1.82) is 0 Å². The second-order valence-electron chi connectivity index (χ2n) is 9.74. The number of hydrogen-bond acceptors (Lipinski definition) is 5. The normalized spacial score (nSPS) is 16.3. The SMILES string of the molecule is Cc1ccc(NC(=O)c2cccc(N3CCOCC3)c2)cc1NC(=O)c1cccc(C2CCNCC2)c1. The molecule has 0 spiro atoms. The fourth-order valence-corrected chi connectivity index (χ4v) is 4.99. The molecule has 3 aromatic rings. The van der Waals surface area contributed by atoms with Gasteiger partial charge in [0.05, 0.1) is 13.2 Å². The summed E-state index contributed by atoms with van der Waals surface area (Å²) in [7, 11) is 0. The number of nitrogens with one attached hydrogen (secondary N) is 3. The number of carbonyl (C=O) groups is 2. The summed E-state index contributed by atoms with van der Waals surface area (Å²) in [6, 6.07) is 21.1. The molecular formula is C30H34N4O3. The van der Waals surface area contributed by atoms with Gasteiger partial charge in [-0.2, -0.15) is 0 Å². The molecule has 192 valence electrons. The molecule has 2 saturated heterocycles. The molecule has 0 unspecified atom stereocenters. The number of carbonyl (C=O) groups excluding carboxylic acids is 2. The van der Waals surface area contributed by atoms with Gasteiger partial charge in [-0.3, -0.25) is 9.59 Å². The third-order valence-electron chi connectivity index (χ3n) is 7.19. The van der Waals surface area contributed by atoms with E-state index in [1.165, 1.54) is 5.56 Å². The van der Waals surface area contributed by atoms with Crippen LogP contribution in [0.4, 0.5) is 17.1 Å². The molecule has 0 radical (unpaired) electrons. The Kier molecular flexibility index (Phi) is 7.82. The van der Waals surface area contributed by atoms with Gasteiger partial charge in [0.1, 0.15) is 0 Å². The van der Waals surface area contributed by atoms with E-state index in [0.717, 1.165) is 50.3 Å². The number of hydrogen-bond donors (Lipinski definition) is 3. The first-order chi connectivity index (χ1) is 18.1. The Labute approximate surface area is 218 Å². The minimum atomic E-state index is -0.189. The number of anilines is 3. The number of ether oxygens (including phenoxy) is 1. The average Bonchev–Trinajstić information content (AvgIpc) is 2.96. The smallest absolute Gasteiger partial charge is 0.255 e. The minimum absolute atomic E-state index is 0.152. The molecule has 3 aromatic carbocycles. The first-order valence-electron chi connectivity index (χ1n) is 13.0. The van der Waals surface area contributed by atoms with Crippen LogP contribution in [0.15, 0.2) is 66.7 Å². The van der Waals surface area contributed by atoms with Gasteiger partial charge in [-0.25, -0.2) is 0 Å². The number of benzene rings is 3. The molecule has 3 N–H and O–H groups in total. The molecule has 5 rings (SSSR count). The van der Waals surface area contributed by atoms with Gasteiger partial charge in [-0.15, -0.1) is 0 Å². The van der Waals surface area contributed by atoms with E-state index in [9.17, 15) is 9.59 Å². The first kappa shape index (κ1) is 25.0. The van der Waals surface area contributed by atoms with E-state index in [1.807, 2.05) is 67.6 Å². The summed E-state index contributed by atoms with van der Waals surface area (Å²) < 4.78 is 5.43. The Bertz CT molecular complexity index is 1260. The van der Waals surface area contributed by atoms with Crippen molar-refractivity contribution in [3.63, 3.8) is 0 Å². The molecule has 0 atom stereocenters. The zero-order valence-corrected chi connectivity index (χ0v) is 21.3. The Morgan fingerprint density at radius 2 is 1.57 bits per heavy atom. The highest BCUT2D eigenvalue weighted by Crippen LogP contribution is 2.27. The van der Waals surface area contributed by atoms with Crippen LogP contribution in [0.2, 0.25) is 0 Å². The molecule has 0 aromatic heterocycles. The van der Waals surface area contributed by atoms with Crippen molar-refractivity contribution >= 4 is 28.9 Å². The summed E-state index contributed by atoms with van der Waals surface area (Å²) in [5.74, 6) is 0.141. The van der Waals surface area contributed by atoms with Crippen molar-refractivity contribution in [3.8, 4) is 0 Å². The number of piperidine rings is 1. The molecule has 37 heavy (non-hydrogen) atoms. The van der Waals surface area contributed by atoms with E-state index >= 15 is 0 Å². The van der Waals surface area contributed by atoms with Crippen molar-refractivity contribution < 1.29 is 14.3 Å². The van der Waals surface area contributed by atoms with Gasteiger partial charge in [0.15, 0.2) is 0 Å². The monoisotopic (exact) mass is 498 g/mol. The highest BCUT2D eigenvalue weighted by atomic mass is 16.5. The van der Waals surface area contributed by atoms with E-state index in [-0.39, 0.29) is 11.8 Å². The van der Waals surface area contributed by atoms with E-state index in [4.69, 9.17) is 4.74 Å². The Balaban J connectivity index is 1.27. The van der Waals surface area contributed by atoms with Crippen LogP contribution in [0.5, 0.6) is 0 Å². The van der Waals surface area contributed by atoms with Gasteiger partial charge in [0.25, 0.3) is 11.8 Å². The maximum Gasteiger partial charge on any atom is 0.255 e.